The number of nitrogens with one attached hydrogen (secondary N) is 1. The molecule has 0 spiro atoms. The molecule has 1 aliphatic heterocycles. The van der Waals surface area contributed by atoms with Crippen molar-refractivity contribution in [3.05, 3.63) is 29.6 Å². The number of sulfone groups is 1. The highest BCUT2D eigenvalue weighted by atomic mass is 32.2. The van der Waals surface area contributed by atoms with Gasteiger partial charge in [0.25, 0.3) is 0 Å². The summed E-state index contributed by atoms with van der Waals surface area (Å²) in [6.45, 7) is 0. The van der Waals surface area contributed by atoms with E-state index in [0.717, 1.165) is 6.07 Å². The Morgan fingerprint density at radius 2 is 2.10 bits per heavy atom. The van der Waals surface area contributed by atoms with Gasteiger partial charge in [-0.05, 0) is 30.5 Å². The lowest BCUT2D eigenvalue weighted by atomic mass is 10.0. The molecule has 1 saturated heterocycles. The van der Waals surface area contributed by atoms with Gasteiger partial charge in [0.2, 0.25) is 5.91 Å². The zero-order valence-electron chi connectivity index (χ0n) is 11.0. The highest BCUT2D eigenvalue weighted by molar-refractivity contribution is 7.91. The maximum atomic E-state index is 13.6. The molecule has 0 saturated carbocycles. The van der Waals surface area contributed by atoms with Crippen LogP contribution in [-0.2, 0) is 14.6 Å². The number of rotatable bonds is 4. The first kappa shape index (κ1) is 15.4. The van der Waals surface area contributed by atoms with E-state index in [1.165, 1.54) is 12.1 Å². The highest BCUT2D eigenvalue weighted by Crippen LogP contribution is 2.23. The van der Waals surface area contributed by atoms with Crippen molar-refractivity contribution < 1.29 is 27.5 Å². The number of amides is 1. The number of aromatic carboxylic acids is 1. The van der Waals surface area contributed by atoms with Crippen molar-refractivity contribution in [3.8, 4) is 0 Å². The van der Waals surface area contributed by atoms with Crippen LogP contribution in [0.5, 0.6) is 0 Å². The molecule has 0 aliphatic carbocycles. The predicted octanol–water partition coefficient (Wildman–Crippen LogP) is 1.29. The van der Waals surface area contributed by atoms with E-state index in [1.54, 1.807) is 0 Å². The molecule has 114 valence electrons. The van der Waals surface area contributed by atoms with Crippen molar-refractivity contribution in [1.82, 2.24) is 0 Å². The van der Waals surface area contributed by atoms with Gasteiger partial charge in [-0.3, -0.25) is 4.79 Å². The first-order chi connectivity index (χ1) is 9.77. The van der Waals surface area contributed by atoms with Gasteiger partial charge < -0.3 is 10.4 Å². The fourth-order valence-corrected chi connectivity index (χ4v) is 4.11. The minimum atomic E-state index is -3.06. The van der Waals surface area contributed by atoms with Crippen LogP contribution in [0.25, 0.3) is 0 Å². The average molecular weight is 315 g/mol. The summed E-state index contributed by atoms with van der Waals surface area (Å²) in [5, 5.41) is 11.0. The molecule has 1 heterocycles. The number of hydrogen-bond donors (Lipinski definition) is 2. The summed E-state index contributed by atoms with van der Waals surface area (Å²) < 4.78 is 36.2. The van der Waals surface area contributed by atoms with Crippen LogP contribution in [0, 0.1) is 11.7 Å². The van der Waals surface area contributed by atoms with Crippen LogP contribution in [0.15, 0.2) is 18.2 Å². The minimum absolute atomic E-state index is 0.000643. The number of carbonyl (C=O) groups is 2. The second kappa shape index (κ2) is 5.80. The van der Waals surface area contributed by atoms with Crippen molar-refractivity contribution in [2.24, 2.45) is 5.92 Å². The number of carbonyl (C=O) groups excluding carboxylic acids is 1. The number of benzene rings is 1. The molecule has 2 rings (SSSR count). The van der Waals surface area contributed by atoms with E-state index in [1.807, 2.05) is 0 Å². The standard InChI is InChI=1S/C13H14FNO5S/c14-10-6-9(13(17)18)1-2-11(10)15-12(16)5-8-3-4-21(19,20)7-8/h1-2,6,8H,3-5,7H2,(H,15,16)(H,17,18). The van der Waals surface area contributed by atoms with E-state index in [0.29, 0.717) is 6.42 Å². The van der Waals surface area contributed by atoms with Gasteiger partial charge in [-0.1, -0.05) is 0 Å². The molecular weight excluding hydrogens is 301 g/mol. The third-order valence-electron chi connectivity index (χ3n) is 3.29. The van der Waals surface area contributed by atoms with Gasteiger partial charge >= 0.3 is 5.97 Å². The Bertz CT molecular complexity index is 686. The number of hydrogen-bond acceptors (Lipinski definition) is 4. The maximum absolute atomic E-state index is 13.6. The van der Waals surface area contributed by atoms with Gasteiger partial charge in [0, 0.05) is 6.42 Å². The van der Waals surface area contributed by atoms with Gasteiger partial charge in [0.05, 0.1) is 22.8 Å². The smallest absolute Gasteiger partial charge is 0.335 e. The lowest BCUT2D eigenvalue weighted by Gasteiger charge is -2.09. The van der Waals surface area contributed by atoms with Crippen LogP contribution >= 0.6 is 0 Å². The van der Waals surface area contributed by atoms with Crippen LogP contribution in [0.1, 0.15) is 23.2 Å². The van der Waals surface area contributed by atoms with Gasteiger partial charge in [-0.2, -0.15) is 0 Å². The monoisotopic (exact) mass is 315 g/mol. The van der Waals surface area contributed by atoms with Gasteiger partial charge in [0.15, 0.2) is 9.84 Å². The van der Waals surface area contributed by atoms with E-state index < -0.39 is 27.5 Å². The number of halogens is 1. The Hall–Kier alpha value is -1.96. The number of anilines is 1. The second-order valence-corrected chi connectivity index (χ2v) is 7.25. The van der Waals surface area contributed by atoms with E-state index in [9.17, 15) is 22.4 Å². The molecule has 1 aliphatic rings. The molecule has 6 nitrogen and oxygen atoms in total. The van der Waals surface area contributed by atoms with Crippen LogP contribution in [0.4, 0.5) is 10.1 Å². The van der Waals surface area contributed by atoms with Crippen molar-refractivity contribution in [2.45, 2.75) is 12.8 Å². The predicted molar refractivity (Wildman–Crippen MR) is 73.4 cm³/mol. The maximum Gasteiger partial charge on any atom is 0.335 e. The molecule has 1 unspecified atom stereocenters. The third-order valence-corrected chi connectivity index (χ3v) is 5.13. The van der Waals surface area contributed by atoms with Crippen molar-refractivity contribution >= 4 is 27.4 Å². The fraction of sp³-hybridized carbons (Fsp3) is 0.385. The molecule has 1 amide bonds. The van der Waals surface area contributed by atoms with E-state index in [2.05, 4.69) is 5.32 Å². The Morgan fingerprint density at radius 1 is 1.38 bits per heavy atom. The first-order valence-electron chi connectivity index (χ1n) is 6.30. The molecule has 1 atom stereocenters. The number of carboxylic acids is 1. The molecule has 2 N–H and O–H groups in total. The van der Waals surface area contributed by atoms with Crippen molar-refractivity contribution in [1.29, 1.82) is 0 Å². The van der Waals surface area contributed by atoms with Crippen LogP contribution in [0.2, 0.25) is 0 Å². The quantitative estimate of drug-likeness (QED) is 0.872. The molecule has 1 aromatic carbocycles. The summed E-state index contributed by atoms with van der Waals surface area (Å²) >= 11 is 0. The summed E-state index contributed by atoms with van der Waals surface area (Å²) in [4.78, 5) is 22.4. The lowest BCUT2D eigenvalue weighted by molar-refractivity contribution is -0.116. The molecule has 21 heavy (non-hydrogen) atoms. The van der Waals surface area contributed by atoms with Gasteiger partial charge in [-0.15, -0.1) is 0 Å². The summed E-state index contributed by atoms with van der Waals surface area (Å²) in [5.41, 5.74) is -0.335. The zero-order chi connectivity index (χ0) is 15.6. The Balaban J connectivity index is 1.98. The fourth-order valence-electron chi connectivity index (χ4n) is 2.25. The largest absolute Gasteiger partial charge is 0.478 e. The molecule has 8 heteroatoms. The minimum Gasteiger partial charge on any atom is -0.478 e. The van der Waals surface area contributed by atoms with Crippen LogP contribution < -0.4 is 5.32 Å². The van der Waals surface area contributed by atoms with E-state index >= 15 is 0 Å². The Labute approximate surface area is 120 Å². The number of carboxylic acid groups (broad SMARTS) is 1. The van der Waals surface area contributed by atoms with E-state index in [-0.39, 0.29) is 35.1 Å². The molecular formula is C13H14FNO5S. The highest BCUT2D eigenvalue weighted by Gasteiger charge is 2.29. The summed E-state index contributed by atoms with van der Waals surface area (Å²) in [6.07, 6.45) is 0.426. The van der Waals surface area contributed by atoms with Crippen molar-refractivity contribution in [2.75, 3.05) is 16.8 Å². The summed E-state index contributed by atoms with van der Waals surface area (Å²) in [7, 11) is -3.06. The summed E-state index contributed by atoms with van der Waals surface area (Å²) in [6, 6.07) is 3.17. The second-order valence-electron chi connectivity index (χ2n) is 5.02. The lowest BCUT2D eigenvalue weighted by Crippen LogP contribution is -2.18. The molecule has 1 fully saturated rings. The molecule has 0 bridgehead atoms. The van der Waals surface area contributed by atoms with Crippen molar-refractivity contribution in [3.63, 3.8) is 0 Å². The third kappa shape index (κ3) is 4.01. The average Bonchev–Trinajstić information content (AvgIpc) is 2.70. The first-order valence-corrected chi connectivity index (χ1v) is 8.12. The molecule has 0 aromatic heterocycles. The normalized spacial score (nSPS) is 20.1. The summed E-state index contributed by atoms with van der Waals surface area (Å²) in [5.74, 6) is -2.80. The Kier molecular flexibility index (Phi) is 4.26. The topological polar surface area (TPSA) is 101 Å². The van der Waals surface area contributed by atoms with Crippen LogP contribution in [0.3, 0.4) is 0 Å². The zero-order valence-corrected chi connectivity index (χ0v) is 11.8. The van der Waals surface area contributed by atoms with Gasteiger partial charge in [0.1, 0.15) is 5.82 Å². The Morgan fingerprint density at radius 3 is 2.62 bits per heavy atom. The van der Waals surface area contributed by atoms with Crippen LogP contribution in [-0.4, -0.2) is 36.9 Å². The molecule has 1 aromatic rings. The van der Waals surface area contributed by atoms with E-state index in [4.69, 9.17) is 5.11 Å². The SMILES string of the molecule is O=C(CC1CCS(=O)(=O)C1)Nc1ccc(C(=O)O)cc1F. The van der Waals surface area contributed by atoms with Gasteiger partial charge in [-0.25, -0.2) is 17.6 Å². The molecule has 0 radical (unpaired) electrons.